The van der Waals surface area contributed by atoms with E-state index >= 15 is 0 Å². The number of nitrogens with zero attached hydrogens (tertiary/aromatic N) is 3. The number of fused-ring (bicyclic) bond motifs is 1. The standard InChI is InChI=1S/C20H19BrClN3O3S2/c1-2-24-16-10-5-13(21)12-18(16)29-20(24)23-19(26)17-4-3-11-25(17)30(27,28)15-8-6-14(22)7-9-15/h5-10,12,17H,2-4,11H2,1H3. The lowest BCUT2D eigenvalue weighted by Gasteiger charge is -2.21. The highest BCUT2D eigenvalue weighted by Gasteiger charge is 2.39. The summed E-state index contributed by atoms with van der Waals surface area (Å²) in [6, 6.07) is 11.1. The first-order valence-corrected chi connectivity index (χ1v) is 12.9. The number of thiazole rings is 1. The molecule has 1 aliphatic heterocycles. The number of aryl methyl sites for hydroxylation is 1. The third kappa shape index (κ3) is 4.01. The highest BCUT2D eigenvalue weighted by Crippen LogP contribution is 2.28. The summed E-state index contributed by atoms with van der Waals surface area (Å²) < 4.78 is 31.4. The van der Waals surface area contributed by atoms with Crippen LogP contribution in [0, 0.1) is 0 Å². The molecular formula is C20H19BrClN3O3S2. The van der Waals surface area contributed by atoms with Crippen LogP contribution in [-0.4, -0.2) is 35.8 Å². The molecular weight excluding hydrogens is 510 g/mol. The lowest BCUT2D eigenvalue weighted by atomic mass is 10.2. The van der Waals surface area contributed by atoms with Gasteiger partial charge in [-0.25, -0.2) is 8.42 Å². The van der Waals surface area contributed by atoms with Gasteiger partial charge in [0.25, 0.3) is 5.91 Å². The third-order valence-electron chi connectivity index (χ3n) is 5.08. The predicted octanol–water partition coefficient (Wildman–Crippen LogP) is 4.42. The van der Waals surface area contributed by atoms with Crippen molar-refractivity contribution in [2.45, 2.75) is 37.2 Å². The lowest BCUT2D eigenvalue weighted by molar-refractivity contribution is -0.121. The number of hydrogen-bond donors (Lipinski definition) is 0. The van der Waals surface area contributed by atoms with Crippen LogP contribution in [0.1, 0.15) is 19.8 Å². The summed E-state index contributed by atoms with van der Waals surface area (Å²) in [5, 5.41) is 0.457. The summed E-state index contributed by atoms with van der Waals surface area (Å²) in [5.74, 6) is -0.433. The first-order valence-electron chi connectivity index (χ1n) is 9.46. The number of rotatable bonds is 4. The molecule has 0 spiro atoms. The van der Waals surface area contributed by atoms with E-state index in [0.717, 1.165) is 14.7 Å². The van der Waals surface area contributed by atoms with E-state index in [1.54, 1.807) is 0 Å². The number of amides is 1. The number of carbonyl (C=O) groups excluding carboxylic acids is 1. The average molecular weight is 529 g/mol. The Morgan fingerprint density at radius 1 is 1.27 bits per heavy atom. The van der Waals surface area contributed by atoms with Crippen LogP contribution in [0.5, 0.6) is 0 Å². The number of halogens is 2. The predicted molar refractivity (Wildman–Crippen MR) is 122 cm³/mol. The molecule has 4 rings (SSSR count). The zero-order valence-electron chi connectivity index (χ0n) is 16.1. The third-order valence-corrected chi connectivity index (χ3v) is 8.78. The number of aromatic nitrogens is 1. The second-order valence-corrected chi connectivity index (χ2v) is 11.2. The molecule has 1 amide bonds. The molecule has 1 aliphatic rings. The van der Waals surface area contributed by atoms with Gasteiger partial charge < -0.3 is 4.57 Å². The number of hydrogen-bond acceptors (Lipinski definition) is 4. The Hall–Kier alpha value is -1.52. The van der Waals surface area contributed by atoms with Crippen LogP contribution in [0.2, 0.25) is 5.02 Å². The van der Waals surface area contributed by atoms with Gasteiger partial charge in [0.15, 0.2) is 4.80 Å². The van der Waals surface area contributed by atoms with Crippen LogP contribution in [0.3, 0.4) is 0 Å². The molecule has 0 radical (unpaired) electrons. The van der Waals surface area contributed by atoms with E-state index in [2.05, 4.69) is 20.9 Å². The smallest absolute Gasteiger partial charge is 0.266 e. The van der Waals surface area contributed by atoms with Crippen molar-refractivity contribution in [1.29, 1.82) is 0 Å². The zero-order valence-corrected chi connectivity index (χ0v) is 20.1. The van der Waals surface area contributed by atoms with Crippen LogP contribution in [0.4, 0.5) is 0 Å². The highest BCUT2D eigenvalue weighted by atomic mass is 79.9. The molecule has 0 saturated carbocycles. The van der Waals surface area contributed by atoms with E-state index in [1.165, 1.54) is 39.9 Å². The first-order chi connectivity index (χ1) is 14.3. The van der Waals surface area contributed by atoms with Gasteiger partial charge in [0.05, 0.1) is 15.1 Å². The van der Waals surface area contributed by atoms with Crippen molar-refractivity contribution in [1.82, 2.24) is 8.87 Å². The van der Waals surface area contributed by atoms with E-state index in [0.29, 0.717) is 35.8 Å². The van der Waals surface area contributed by atoms with Gasteiger partial charge >= 0.3 is 0 Å². The maximum absolute atomic E-state index is 13.1. The fraction of sp³-hybridized carbons (Fsp3) is 0.300. The van der Waals surface area contributed by atoms with Gasteiger partial charge in [-0.2, -0.15) is 9.30 Å². The van der Waals surface area contributed by atoms with Gasteiger partial charge in [0.1, 0.15) is 6.04 Å². The van der Waals surface area contributed by atoms with Gasteiger partial charge in [-0.3, -0.25) is 4.79 Å². The minimum absolute atomic E-state index is 0.127. The molecule has 3 aromatic rings. The lowest BCUT2D eigenvalue weighted by Crippen LogP contribution is -2.40. The minimum Gasteiger partial charge on any atom is -0.317 e. The summed E-state index contributed by atoms with van der Waals surface area (Å²) in [4.78, 5) is 18.1. The van der Waals surface area contributed by atoms with Crippen LogP contribution >= 0.6 is 38.9 Å². The van der Waals surface area contributed by atoms with E-state index in [-0.39, 0.29) is 4.90 Å². The van der Waals surface area contributed by atoms with Crippen molar-refractivity contribution in [3.05, 3.63) is 56.8 Å². The van der Waals surface area contributed by atoms with E-state index in [4.69, 9.17) is 11.6 Å². The maximum atomic E-state index is 13.1. The second-order valence-electron chi connectivity index (χ2n) is 6.92. The molecule has 6 nitrogen and oxygen atoms in total. The summed E-state index contributed by atoms with van der Waals surface area (Å²) in [6.45, 7) is 2.94. The quantitative estimate of drug-likeness (QED) is 0.503. The van der Waals surface area contributed by atoms with Crippen molar-refractivity contribution >= 4 is 65.0 Å². The Balaban J connectivity index is 1.71. The second kappa shape index (κ2) is 8.55. The van der Waals surface area contributed by atoms with Gasteiger partial charge in [0.2, 0.25) is 10.0 Å². The largest absolute Gasteiger partial charge is 0.317 e. The van der Waals surface area contributed by atoms with Gasteiger partial charge in [0, 0.05) is 22.6 Å². The molecule has 1 saturated heterocycles. The van der Waals surface area contributed by atoms with E-state index < -0.39 is 22.0 Å². The molecule has 158 valence electrons. The summed E-state index contributed by atoms with van der Waals surface area (Å²) in [5.41, 5.74) is 0.995. The van der Waals surface area contributed by atoms with Crippen molar-refractivity contribution in [3.63, 3.8) is 0 Å². The number of carbonyl (C=O) groups is 1. The Morgan fingerprint density at radius 3 is 2.70 bits per heavy atom. The highest BCUT2D eigenvalue weighted by molar-refractivity contribution is 9.10. The van der Waals surface area contributed by atoms with Crippen molar-refractivity contribution in [3.8, 4) is 0 Å². The first kappa shape index (κ1) is 21.7. The molecule has 2 heterocycles. The van der Waals surface area contributed by atoms with Crippen LogP contribution in [0.25, 0.3) is 10.2 Å². The molecule has 1 aromatic heterocycles. The molecule has 1 fully saturated rings. The van der Waals surface area contributed by atoms with Crippen molar-refractivity contribution in [2.24, 2.45) is 4.99 Å². The number of benzene rings is 2. The molecule has 1 unspecified atom stereocenters. The van der Waals surface area contributed by atoms with Crippen molar-refractivity contribution < 1.29 is 13.2 Å². The topological polar surface area (TPSA) is 71.7 Å². The van der Waals surface area contributed by atoms with Gasteiger partial charge in [-0.1, -0.05) is 38.9 Å². The van der Waals surface area contributed by atoms with Crippen molar-refractivity contribution in [2.75, 3.05) is 6.54 Å². The molecule has 0 aliphatic carbocycles. The van der Waals surface area contributed by atoms with Crippen LogP contribution in [-0.2, 0) is 21.4 Å². The van der Waals surface area contributed by atoms with E-state index in [1.807, 2.05) is 29.7 Å². The maximum Gasteiger partial charge on any atom is 0.266 e. The fourth-order valence-electron chi connectivity index (χ4n) is 3.62. The monoisotopic (exact) mass is 527 g/mol. The van der Waals surface area contributed by atoms with Gasteiger partial charge in [-0.15, -0.1) is 0 Å². The fourth-order valence-corrected chi connectivity index (χ4v) is 7.05. The Kier molecular flexibility index (Phi) is 6.18. The minimum atomic E-state index is -3.80. The molecule has 30 heavy (non-hydrogen) atoms. The summed E-state index contributed by atoms with van der Waals surface area (Å²) >= 11 is 10.8. The molecule has 10 heteroatoms. The Labute approximate surface area is 192 Å². The Bertz CT molecular complexity index is 1280. The molecule has 0 N–H and O–H groups in total. The van der Waals surface area contributed by atoms with E-state index in [9.17, 15) is 13.2 Å². The average Bonchev–Trinajstić information content (AvgIpc) is 3.32. The van der Waals surface area contributed by atoms with Gasteiger partial charge in [-0.05, 0) is 62.2 Å². The Morgan fingerprint density at radius 2 is 2.00 bits per heavy atom. The molecule has 0 bridgehead atoms. The van der Waals surface area contributed by atoms with Crippen LogP contribution < -0.4 is 4.80 Å². The number of sulfonamides is 1. The SMILES string of the molecule is CCn1c(=NC(=O)C2CCCN2S(=O)(=O)c2ccc(Cl)cc2)sc2cc(Br)ccc21. The molecule has 2 aromatic carbocycles. The van der Waals surface area contributed by atoms with Crippen LogP contribution in [0.15, 0.2) is 56.8 Å². The zero-order chi connectivity index (χ0) is 21.5. The molecule has 1 atom stereocenters. The summed E-state index contributed by atoms with van der Waals surface area (Å²) in [6.07, 6.45) is 1.07. The normalized spacial score (nSPS) is 18.4. The summed E-state index contributed by atoms with van der Waals surface area (Å²) in [7, 11) is -3.80.